The van der Waals surface area contributed by atoms with E-state index in [0.29, 0.717) is 12.1 Å². The molecular formula is C15H27N3. The fourth-order valence-corrected chi connectivity index (χ4v) is 2.32. The Kier molecular flexibility index (Phi) is 6.13. The van der Waals surface area contributed by atoms with Gasteiger partial charge in [0.25, 0.3) is 0 Å². The Hall–Kier alpha value is -1.09. The molecule has 0 radical (unpaired) electrons. The average Bonchev–Trinajstić information content (AvgIpc) is 2.37. The lowest BCUT2D eigenvalue weighted by molar-refractivity contribution is 0.524. The first kappa shape index (κ1) is 15.0. The van der Waals surface area contributed by atoms with Crippen LogP contribution in [0.1, 0.15) is 52.8 Å². The van der Waals surface area contributed by atoms with Gasteiger partial charge in [-0.25, -0.2) is 0 Å². The van der Waals surface area contributed by atoms with Crippen LogP contribution in [0.15, 0.2) is 18.3 Å². The van der Waals surface area contributed by atoms with Gasteiger partial charge in [0.15, 0.2) is 0 Å². The predicted molar refractivity (Wildman–Crippen MR) is 79.1 cm³/mol. The Balaban J connectivity index is 2.84. The number of hydrogen-bond acceptors (Lipinski definition) is 3. The molecule has 0 aliphatic carbocycles. The summed E-state index contributed by atoms with van der Waals surface area (Å²) in [6, 6.07) is 5.22. The molecule has 0 amide bonds. The molecule has 1 rings (SSSR count). The molecule has 1 heterocycles. The highest BCUT2D eigenvalue weighted by Gasteiger charge is 2.12. The van der Waals surface area contributed by atoms with Crippen molar-refractivity contribution in [3.8, 4) is 0 Å². The summed E-state index contributed by atoms with van der Waals surface area (Å²) < 4.78 is 0. The molecule has 3 heteroatoms. The van der Waals surface area contributed by atoms with Gasteiger partial charge in [0.1, 0.15) is 0 Å². The molecule has 0 spiro atoms. The van der Waals surface area contributed by atoms with Gasteiger partial charge in [0.05, 0.1) is 17.6 Å². The third-order valence-corrected chi connectivity index (χ3v) is 3.28. The first-order valence-corrected chi connectivity index (χ1v) is 7.09. The fraction of sp³-hybridized carbons (Fsp3) is 0.667. The molecule has 102 valence electrons. The van der Waals surface area contributed by atoms with Crippen LogP contribution in [0.4, 0.5) is 5.69 Å². The van der Waals surface area contributed by atoms with Crippen molar-refractivity contribution >= 4 is 5.69 Å². The van der Waals surface area contributed by atoms with Crippen molar-refractivity contribution in [2.75, 3.05) is 18.0 Å². The normalized spacial score (nSPS) is 12.8. The Labute approximate surface area is 112 Å². The fourth-order valence-electron chi connectivity index (χ4n) is 2.32. The van der Waals surface area contributed by atoms with E-state index >= 15 is 0 Å². The Morgan fingerprint density at radius 2 is 1.94 bits per heavy atom. The van der Waals surface area contributed by atoms with Gasteiger partial charge in [-0.1, -0.05) is 13.8 Å². The summed E-state index contributed by atoms with van der Waals surface area (Å²) in [5, 5.41) is 3.46. The summed E-state index contributed by atoms with van der Waals surface area (Å²) in [5.41, 5.74) is 2.35. The van der Waals surface area contributed by atoms with Crippen molar-refractivity contribution < 1.29 is 0 Å². The lowest BCUT2D eigenvalue weighted by Gasteiger charge is -2.27. The van der Waals surface area contributed by atoms with E-state index in [4.69, 9.17) is 0 Å². The molecule has 1 atom stereocenters. The van der Waals surface area contributed by atoms with Crippen LogP contribution in [-0.4, -0.2) is 24.1 Å². The Morgan fingerprint density at radius 1 is 1.22 bits per heavy atom. The Morgan fingerprint density at radius 3 is 2.33 bits per heavy atom. The van der Waals surface area contributed by atoms with Crippen LogP contribution in [0.25, 0.3) is 0 Å². The van der Waals surface area contributed by atoms with E-state index in [9.17, 15) is 0 Å². The maximum absolute atomic E-state index is 4.62. The summed E-state index contributed by atoms with van der Waals surface area (Å²) in [4.78, 5) is 6.97. The summed E-state index contributed by atoms with van der Waals surface area (Å²) in [6.07, 6.45) is 3.07. The number of rotatable bonds is 7. The van der Waals surface area contributed by atoms with Gasteiger partial charge in [-0.2, -0.15) is 0 Å². The van der Waals surface area contributed by atoms with Crippen molar-refractivity contribution in [1.82, 2.24) is 10.3 Å². The second kappa shape index (κ2) is 7.37. The van der Waals surface area contributed by atoms with Crippen LogP contribution < -0.4 is 10.2 Å². The molecule has 0 fully saturated rings. The summed E-state index contributed by atoms with van der Waals surface area (Å²) in [5.74, 6) is 0. The van der Waals surface area contributed by atoms with Crippen LogP contribution in [0.5, 0.6) is 0 Å². The smallest absolute Gasteiger partial charge is 0.0574 e. The molecule has 1 aromatic heterocycles. The van der Waals surface area contributed by atoms with Gasteiger partial charge in [-0.05, 0) is 45.9 Å². The summed E-state index contributed by atoms with van der Waals surface area (Å²) in [6.45, 7) is 12.9. The van der Waals surface area contributed by atoms with Gasteiger partial charge in [0.2, 0.25) is 0 Å². The van der Waals surface area contributed by atoms with E-state index in [1.807, 2.05) is 6.20 Å². The lowest BCUT2D eigenvalue weighted by Crippen LogP contribution is -2.30. The zero-order valence-corrected chi connectivity index (χ0v) is 12.4. The number of anilines is 1. The van der Waals surface area contributed by atoms with Gasteiger partial charge in [-0.3, -0.25) is 4.98 Å². The first-order chi connectivity index (χ1) is 8.63. The van der Waals surface area contributed by atoms with E-state index in [1.165, 1.54) is 5.69 Å². The third-order valence-electron chi connectivity index (χ3n) is 3.28. The summed E-state index contributed by atoms with van der Waals surface area (Å²) in [7, 11) is 0. The lowest BCUT2D eigenvalue weighted by atomic mass is 10.1. The van der Waals surface area contributed by atoms with E-state index in [-0.39, 0.29) is 0 Å². The molecule has 0 bridgehead atoms. The van der Waals surface area contributed by atoms with Crippen LogP contribution in [0, 0.1) is 0 Å². The zero-order valence-electron chi connectivity index (χ0n) is 12.4. The van der Waals surface area contributed by atoms with E-state index in [2.05, 4.69) is 62.0 Å². The van der Waals surface area contributed by atoms with Crippen molar-refractivity contribution in [3.05, 3.63) is 24.0 Å². The minimum absolute atomic E-state index is 0.373. The topological polar surface area (TPSA) is 28.2 Å². The van der Waals surface area contributed by atoms with Crippen LogP contribution >= 0.6 is 0 Å². The zero-order chi connectivity index (χ0) is 13.5. The standard InChI is InChI=1S/C15H27N3/c1-6-14(16-7-2)15-10-9-13(11-17-15)18(8-3)12(4)5/h9-12,14,16H,6-8H2,1-5H3. The van der Waals surface area contributed by atoms with E-state index < -0.39 is 0 Å². The van der Waals surface area contributed by atoms with Crippen LogP contribution in [0.3, 0.4) is 0 Å². The van der Waals surface area contributed by atoms with Gasteiger partial charge in [-0.15, -0.1) is 0 Å². The van der Waals surface area contributed by atoms with Crippen molar-refractivity contribution in [1.29, 1.82) is 0 Å². The van der Waals surface area contributed by atoms with Gasteiger partial charge in [0, 0.05) is 18.6 Å². The number of nitrogens with zero attached hydrogens (tertiary/aromatic N) is 2. The van der Waals surface area contributed by atoms with Crippen LogP contribution in [-0.2, 0) is 0 Å². The molecule has 0 saturated heterocycles. The second-order valence-electron chi connectivity index (χ2n) is 4.84. The van der Waals surface area contributed by atoms with Gasteiger partial charge < -0.3 is 10.2 Å². The maximum Gasteiger partial charge on any atom is 0.0574 e. The monoisotopic (exact) mass is 249 g/mol. The minimum atomic E-state index is 0.373. The van der Waals surface area contributed by atoms with E-state index in [0.717, 1.165) is 25.2 Å². The molecule has 0 saturated carbocycles. The maximum atomic E-state index is 4.62. The highest BCUT2D eigenvalue weighted by molar-refractivity contribution is 5.45. The molecule has 1 unspecified atom stereocenters. The molecule has 0 aromatic carbocycles. The van der Waals surface area contributed by atoms with Gasteiger partial charge >= 0.3 is 0 Å². The minimum Gasteiger partial charge on any atom is -0.368 e. The molecule has 3 nitrogen and oxygen atoms in total. The molecule has 0 aliphatic heterocycles. The van der Waals surface area contributed by atoms with Crippen molar-refractivity contribution in [2.24, 2.45) is 0 Å². The molecule has 18 heavy (non-hydrogen) atoms. The highest BCUT2D eigenvalue weighted by atomic mass is 15.1. The van der Waals surface area contributed by atoms with Crippen molar-refractivity contribution in [3.63, 3.8) is 0 Å². The summed E-state index contributed by atoms with van der Waals surface area (Å²) >= 11 is 0. The SMILES string of the molecule is CCNC(CC)c1ccc(N(CC)C(C)C)cn1. The van der Waals surface area contributed by atoms with Crippen molar-refractivity contribution in [2.45, 2.75) is 53.1 Å². The molecule has 0 aliphatic rings. The largest absolute Gasteiger partial charge is 0.368 e. The molecule has 1 N–H and O–H groups in total. The molecule has 1 aromatic rings. The quantitative estimate of drug-likeness (QED) is 0.803. The van der Waals surface area contributed by atoms with Crippen LogP contribution in [0.2, 0.25) is 0 Å². The number of hydrogen-bond donors (Lipinski definition) is 1. The second-order valence-corrected chi connectivity index (χ2v) is 4.84. The average molecular weight is 249 g/mol. The highest BCUT2D eigenvalue weighted by Crippen LogP contribution is 2.19. The third kappa shape index (κ3) is 3.70. The first-order valence-electron chi connectivity index (χ1n) is 7.09. The number of nitrogens with one attached hydrogen (secondary N) is 1. The molecular weight excluding hydrogens is 222 g/mol. The predicted octanol–water partition coefficient (Wildman–Crippen LogP) is 3.38. The number of aromatic nitrogens is 1. The Bertz CT molecular complexity index is 332. The number of pyridine rings is 1. The van der Waals surface area contributed by atoms with E-state index in [1.54, 1.807) is 0 Å².